The van der Waals surface area contributed by atoms with E-state index in [1.165, 1.54) is 6.07 Å². The van der Waals surface area contributed by atoms with Gasteiger partial charge in [0, 0.05) is 0 Å². The van der Waals surface area contributed by atoms with Crippen LogP contribution in [-0.2, 0) is 0 Å². The molecule has 8 heteroatoms. The Morgan fingerprint density at radius 3 is 2.53 bits per heavy atom. The Morgan fingerprint density at radius 2 is 2.07 bits per heavy atom. The zero-order valence-corrected chi connectivity index (χ0v) is 6.97. The molecule has 1 aromatic rings. The summed E-state index contributed by atoms with van der Waals surface area (Å²) in [5.41, 5.74) is 3.56. The van der Waals surface area contributed by atoms with Crippen LogP contribution in [0.1, 0.15) is 5.56 Å². The standard InChI is InChI=1S/C7H3F4N3O/c8-6-3(1-12)5(13)4(2-14-6)15-7(9,10)11/h2H,(H2,13,14). The first kappa shape index (κ1) is 11.0. The predicted octanol–water partition coefficient (Wildman–Crippen LogP) is 1.57. The van der Waals surface area contributed by atoms with E-state index in [1.807, 2.05) is 0 Å². The number of halogens is 4. The molecule has 0 saturated carbocycles. The molecule has 0 aliphatic rings. The summed E-state index contributed by atoms with van der Waals surface area (Å²) in [4.78, 5) is 2.90. The molecule has 0 amide bonds. The van der Waals surface area contributed by atoms with Crippen molar-refractivity contribution in [1.82, 2.24) is 4.98 Å². The molecule has 0 fully saturated rings. The van der Waals surface area contributed by atoms with Gasteiger partial charge in [0.15, 0.2) is 5.75 Å². The molecule has 1 aromatic heterocycles. The summed E-state index contributed by atoms with van der Waals surface area (Å²) in [5.74, 6) is -2.15. The van der Waals surface area contributed by atoms with Gasteiger partial charge < -0.3 is 10.5 Å². The monoisotopic (exact) mass is 221 g/mol. The average Bonchev–Trinajstić information content (AvgIpc) is 2.09. The van der Waals surface area contributed by atoms with Gasteiger partial charge in [-0.25, -0.2) is 4.98 Å². The van der Waals surface area contributed by atoms with Gasteiger partial charge in [0.25, 0.3) is 0 Å². The maximum Gasteiger partial charge on any atom is 0.573 e. The molecule has 4 nitrogen and oxygen atoms in total. The van der Waals surface area contributed by atoms with Crippen molar-refractivity contribution in [3.63, 3.8) is 0 Å². The van der Waals surface area contributed by atoms with Crippen LogP contribution in [0.3, 0.4) is 0 Å². The lowest BCUT2D eigenvalue weighted by molar-refractivity contribution is -0.274. The molecule has 0 atom stereocenters. The van der Waals surface area contributed by atoms with Gasteiger partial charge in [0.05, 0.1) is 11.9 Å². The maximum atomic E-state index is 12.7. The van der Waals surface area contributed by atoms with Gasteiger partial charge >= 0.3 is 6.36 Å². The van der Waals surface area contributed by atoms with E-state index in [4.69, 9.17) is 11.0 Å². The van der Waals surface area contributed by atoms with E-state index in [0.29, 0.717) is 6.20 Å². The molecule has 0 aliphatic carbocycles. The summed E-state index contributed by atoms with van der Waals surface area (Å²) in [6.45, 7) is 0. The minimum atomic E-state index is -4.97. The number of hydrogen-bond acceptors (Lipinski definition) is 4. The molecular weight excluding hydrogens is 218 g/mol. The Bertz CT molecular complexity index is 423. The van der Waals surface area contributed by atoms with Crippen LogP contribution in [0.25, 0.3) is 0 Å². The third-order valence-electron chi connectivity index (χ3n) is 1.37. The molecule has 1 heterocycles. The number of nitrogen functional groups attached to an aromatic ring is 1. The van der Waals surface area contributed by atoms with Crippen LogP contribution in [0.15, 0.2) is 6.20 Å². The van der Waals surface area contributed by atoms with Crippen molar-refractivity contribution in [1.29, 1.82) is 5.26 Å². The second kappa shape index (κ2) is 3.61. The molecule has 80 valence electrons. The first-order valence-corrected chi connectivity index (χ1v) is 3.45. The number of nitrogens with two attached hydrogens (primary N) is 1. The fraction of sp³-hybridized carbons (Fsp3) is 0.143. The van der Waals surface area contributed by atoms with Crippen LogP contribution in [0.4, 0.5) is 23.2 Å². The van der Waals surface area contributed by atoms with E-state index >= 15 is 0 Å². The first-order valence-electron chi connectivity index (χ1n) is 3.45. The van der Waals surface area contributed by atoms with Crippen LogP contribution in [0.5, 0.6) is 5.75 Å². The Hall–Kier alpha value is -2.04. The zero-order valence-electron chi connectivity index (χ0n) is 6.97. The van der Waals surface area contributed by atoms with E-state index in [-0.39, 0.29) is 0 Å². The number of nitrogens with zero attached hydrogens (tertiary/aromatic N) is 2. The Kier molecular flexibility index (Phi) is 2.65. The number of alkyl halides is 3. The predicted molar refractivity (Wildman–Crippen MR) is 40.0 cm³/mol. The first-order chi connectivity index (χ1) is 6.85. The average molecular weight is 221 g/mol. The Balaban J connectivity index is 3.18. The number of ether oxygens (including phenoxy) is 1. The SMILES string of the molecule is N#Cc1c(F)ncc(OC(F)(F)F)c1N. The fourth-order valence-electron chi connectivity index (χ4n) is 0.796. The quantitative estimate of drug-likeness (QED) is 0.577. The highest BCUT2D eigenvalue weighted by atomic mass is 19.4. The summed E-state index contributed by atoms with van der Waals surface area (Å²) < 4.78 is 51.5. The Labute approximate surface area is 80.9 Å². The lowest BCUT2D eigenvalue weighted by Crippen LogP contribution is -2.18. The minimum absolute atomic E-state index is 0.457. The molecule has 0 unspecified atom stereocenters. The van der Waals surface area contributed by atoms with Crippen molar-refractivity contribution in [3.8, 4) is 11.8 Å². The van der Waals surface area contributed by atoms with Crippen LogP contribution < -0.4 is 10.5 Å². The lowest BCUT2D eigenvalue weighted by Gasteiger charge is -2.10. The van der Waals surface area contributed by atoms with Crippen LogP contribution in [0.2, 0.25) is 0 Å². The summed E-state index contributed by atoms with van der Waals surface area (Å²) in [7, 11) is 0. The van der Waals surface area contributed by atoms with Crippen molar-refractivity contribution in [2.45, 2.75) is 6.36 Å². The molecule has 0 aliphatic heterocycles. The fourth-order valence-corrected chi connectivity index (χ4v) is 0.796. The molecule has 15 heavy (non-hydrogen) atoms. The van der Waals surface area contributed by atoms with Gasteiger partial charge in [-0.3, -0.25) is 0 Å². The molecule has 0 radical (unpaired) electrons. The second-order valence-corrected chi connectivity index (χ2v) is 2.36. The van der Waals surface area contributed by atoms with Crippen molar-refractivity contribution in [3.05, 3.63) is 17.7 Å². The minimum Gasteiger partial charge on any atom is -0.402 e. The van der Waals surface area contributed by atoms with Gasteiger partial charge in [-0.15, -0.1) is 13.2 Å². The molecule has 0 bridgehead atoms. The molecular formula is C7H3F4N3O. The number of nitriles is 1. The van der Waals surface area contributed by atoms with Gasteiger partial charge in [0.1, 0.15) is 11.6 Å². The Morgan fingerprint density at radius 1 is 1.47 bits per heavy atom. The molecule has 1 rings (SSSR count). The van der Waals surface area contributed by atoms with Crippen molar-refractivity contribution in [2.24, 2.45) is 0 Å². The normalized spacial score (nSPS) is 10.9. The highest BCUT2D eigenvalue weighted by Crippen LogP contribution is 2.30. The van der Waals surface area contributed by atoms with Crippen molar-refractivity contribution in [2.75, 3.05) is 5.73 Å². The molecule has 0 saturated heterocycles. The van der Waals surface area contributed by atoms with E-state index < -0.39 is 29.3 Å². The summed E-state index contributed by atoms with van der Waals surface area (Å²) in [6, 6.07) is 1.28. The van der Waals surface area contributed by atoms with Crippen molar-refractivity contribution < 1.29 is 22.3 Å². The van der Waals surface area contributed by atoms with E-state index in [1.54, 1.807) is 0 Å². The van der Waals surface area contributed by atoms with Crippen LogP contribution in [0, 0.1) is 17.3 Å². The van der Waals surface area contributed by atoms with E-state index in [2.05, 4.69) is 9.72 Å². The summed E-state index contributed by atoms with van der Waals surface area (Å²) in [6.07, 6.45) is -4.51. The van der Waals surface area contributed by atoms with Crippen molar-refractivity contribution >= 4 is 5.69 Å². The molecule has 0 spiro atoms. The number of aromatic nitrogens is 1. The molecule has 2 N–H and O–H groups in total. The number of hydrogen-bond donors (Lipinski definition) is 1. The third kappa shape index (κ3) is 2.46. The van der Waals surface area contributed by atoms with E-state index in [0.717, 1.165) is 0 Å². The van der Waals surface area contributed by atoms with Gasteiger partial charge in [-0.1, -0.05) is 0 Å². The number of pyridine rings is 1. The van der Waals surface area contributed by atoms with Crippen LogP contribution in [-0.4, -0.2) is 11.3 Å². The molecule has 0 aromatic carbocycles. The van der Waals surface area contributed by atoms with E-state index in [9.17, 15) is 17.6 Å². The smallest absolute Gasteiger partial charge is 0.402 e. The topological polar surface area (TPSA) is 71.9 Å². The highest BCUT2D eigenvalue weighted by Gasteiger charge is 2.33. The highest BCUT2D eigenvalue weighted by molar-refractivity contribution is 5.61. The third-order valence-corrected chi connectivity index (χ3v) is 1.37. The number of anilines is 1. The van der Waals surface area contributed by atoms with Gasteiger partial charge in [-0.05, 0) is 0 Å². The van der Waals surface area contributed by atoms with Crippen LogP contribution >= 0.6 is 0 Å². The second-order valence-electron chi connectivity index (χ2n) is 2.36. The summed E-state index contributed by atoms with van der Waals surface area (Å²) in [5, 5.41) is 8.38. The summed E-state index contributed by atoms with van der Waals surface area (Å²) >= 11 is 0. The number of rotatable bonds is 1. The lowest BCUT2D eigenvalue weighted by atomic mass is 10.2. The maximum absolute atomic E-state index is 12.7. The van der Waals surface area contributed by atoms with Gasteiger partial charge in [-0.2, -0.15) is 9.65 Å². The largest absolute Gasteiger partial charge is 0.573 e. The van der Waals surface area contributed by atoms with Gasteiger partial charge in [0.2, 0.25) is 5.95 Å². The zero-order chi connectivity index (χ0) is 11.6.